The molecule has 0 spiro atoms. The molecule has 3 heterocycles. The van der Waals surface area contributed by atoms with Gasteiger partial charge in [-0.2, -0.15) is 5.10 Å². The van der Waals surface area contributed by atoms with Gasteiger partial charge in [-0.1, -0.05) is 34.7 Å². The molecule has 1 aliphatic rings. The third-order valence-electron chi connectivity index (χ3n) is 5.11. The highest BCUT2D eigenvalue weighted by Gasteiger charge is 2.24. The molecule has 0 bridgehead atoms. The Kier molecular flexibility index (Phi) is 6.31. The number of hydrogen-bond acceptors (Lipinski definition) is 4. The molecule has 0 fully saturated rings. The van der Waals surface area contributed by atoms with E-state index in [9.17, 15) is 9.18 Å². The van der Waals surface area contributed by atoms with E-state index in [0.29, 0.717) is 17.8 Å². The predicted octanol–water partition coefficient (Wildman–Crippen LogP) is 3.93. The summed E-state index contributed by atoms with van der Waals surface area (Å²) in [6, 6.07) is 8.14. The predicted molar refractivity (Wildman–Crippen MR) is 122 cm³/mol. The van der Waals surface area contributed by atoms with Gasteiger partial charge < -0.3 is 11.1 Å². The van der Waals surface area contributed by atoms with E-state index in [4.69, 9.17) is 5.73 Å². The molecule has 1 aliphatic heterocycles. The maximum Gasteiger partial charge on any atom is 0.261 e. The van der Waals surface area contributed by atoms with Crippen LogP contribution in [0.3, 0.4) is 0 Å². The Morgan fingerprint density at radius 3 is 3.03 bits per heavy atom. The van der Waals surface area contributed by atoms with Crippen LogP contribution in [0.5, 0.6) is 0 Å². The second-order valence-corrected chi connectivity index (χ2v) is 9.07. The standard InChI is InChI=1S/C21H22FIN4OS/c22-15-4-1-3-13(7-15)8-16(11-24)26-21(28)19-9-17-18(29-19)5-2-6-27-20(17)14(10-23)12-25-27/h1,3-4,7,9,12,16H,2,5-6,8,10-11,24H2,(H,26,28)/t16-/m0/s1. The van der Waals surface area contributed by atoms with Crippen molar-refractivity contribution in [2.24, 2.45) is 5.73 Å². The molecule has 0 radical (unpaired) electrons. The number of rotatable bonds is 6. The van der Waals surface area contributed by atoms with Gasteiger partial charge >= 0.3 is 0 Å². The lowest BCUT2D eigenvalue weighted by Gasteiger charge is -2.16. The molecule has 4 rings (SSSR count). The van der Waals surface area contributed by atoms with E-state index >= 15 is 0 Å². The topological polar surface area (TPSA) is 72.9 Å². The molecule has 1 atom stereocenters. The summed E-state index contributed by atoms with van der Waals surface area (Å²) in [4.78, 5) is 14.8. The molecule has 0 saturated carbocycles. The van der Waals surface area contributed by atoms with E-state index < -0.39 is 0 Å². The second-order valence-electron chi connectivity index (χ2n) is 7.17. The molecule has 3 aromatic rings. The summed E-state index contributed by atoms with van der Waals surface area (Å²) >= 11 is 3.90. The van der Waals surface area contributed by atoms with Crippen molar-refractivity contribution >= 4 is 39.8 Å². The largest absolute Gasteiger partial charge is 0.347 e. The number of carbonyl (C=O) groups is 1. The number of amides is 1. The number of aryl methyl sites for hydroxylation is 2. The van der Waals surface area contributed by atoms with E-state index in [-0.39, 0.29) is 17.8 Å². The number of nitrogens with two attached hydrogens (primary N) is 1. The van der Waals surface area contributed by atoms with Crippen LogP contribution >= 0.6 is 33.9 Å². The van der Waals surface area contributed by atoms with Gasteiger partial charge in [-0.15, -0.1) is 11.3 Å². The third kappa shape index (κ3) is 4.39. The molecule has 3 N–H and O–H groups in total. The number of thiophene rings is 1. The van der Waals surface area contributed by atoms with Crippen molar-refractivity contribution < 1.29 is 9.18 Å². The highest BCUT2D eigenvalue weighted by molar-refractivity contribution is 14.1. The zero-order valence-electron chi connectivity index (χ0n) is 15.8. The summed E-state index contributed by atoms with van der Waals surface area (Å²) < 4.78 is 16.4. The van der Waals surface area contributed by atoms with E-state index in [1.54, 1.807) is 17.4 Å². The lowest BCUT2D eigenvalue weighted by Crippen LogP contribution is -2.41. The molecular formula is C21H22FIN4OS. The maximum atomic E-state index is 13.4. The van der Waals surface area contributed by atoms with Gasteiger partial charge in [-0.05, 0) is 43.0 Å². The van der Waals surface area contributed by atoms with Crippen LogP contribution < -0.4 is 11.1 Å². The van der Waals surface area contributed by atoms with Gasteiger partial charge in [0.25, 0.3) is 5.91 Å². The average molecular weight is 524 g/mol. The molecule has 0 saturated heterocycles. The van der Waals surface area contributed by atoms with Gasteiger partial charge in [-0.25, -0.2) is 4.39 Å². The molecule has 1 amide bonds. The zero-order valence-corrected chi connectivity index (χ0v) is 18.8. The van der Waals surface area contributed by atoms with Gasteiger partial charge in [-0.3, -0.25) is 9.48 Å². The summed E-state index contributed by atoms with van der Waals surface area (Å²) in [5, 5.41) is 7.55. The fourth-order valence-corrected chi connectivity index (χ4v) is 5.38. The highest BCUT2D eigenvalue weighted by Crippen LogP contribution is 2.37. The number of benzene rings is 1. The van der Waals surface area contributed by atoms with Gasteiger partial charge in [0.2, 0.25) is 0 Å². The average Bonchev–Trinajstić information content (AvgIpc) is 3.27. The molecule has 0 aliphatic carbocycles. The van der Waals surface area contributed by atoms with Crippen molar-refractivity contribution in [3.05, 3.63) is 63.2 Å². The Morgan fingerprint density at radius 1 is 1.41 bits per heavy atom. The first-order chi connectivity index (χ1) is 14.1. The van der Waals surface area contributed by atoms with Crippen molar-refractivity contribution in [3.63, 3.8) is 0 Å². The third-order valence-corrected chi connectivity index (χ3v) is 7.13. The highest BCUT2D eigenvalue weighted by atomic mass is 127. The Hall–Kier alpha value is -1.78. The van der Waals surface area contributed by atoms with Crippen molar-refractivity contribution in [2.45, 2.75) is 36.3 Å². The first-order valence-electron chi connectivity index (χ1n) is 9.58. The summed E-state index contributed by atoms with van der Waals surface area (Å²) in [7, 11) is 0. The number of carbonyl (C=O) groups excluding carboxylic acids is 1. The molecule has 1 aromatic carbocycles. The zero-order chi connectivity index (χ0) is 20.4. The monoisotopic (exact) mass is 524 g/mol. The number of aromatic nitrogens is 2. The lowest BCUT2D eigenvalue weighted by atomic mass is 10.1. The van der Waals surface area contributed by atoms with E-state index in [0.717, 1.165) is 40.6 Å². The lowest BCUT2D eigenvalue weighted by molar-refractivity contribution is 0.0942. The van der Waals surface area contributed by atoms with E-state index in [1.165, 1.54) is 22.6 Å². The molecule has 5 nitrogen and oxygen atoms in total. The molecule has 0 unspecified atom stereocenters. The summed E-state index contributed by atoms with van der Waals surface area (Å²) in [5.41, 5.74) is 10.1. The summed E-state index contributed by atoms with van der Waals surface area (Å²) in [5.74, 6) is -0.411. The van der Waals surface area contributed by atoms with E-state index in [1.807, 2.05) is 18.3 Å². The Labute approximate surface area is 186 Å². The minimum Gasteiger partial charge on any atom is -0.347 e. The normalized spacial score (nSPS) is 14.0. The Balaban J connectivity index is 1.55. The Morgan fingerprint density at radius 2 is 2.28 bits per heavy atom. The van der Waals surface area contributed by atoms with Crippen LogP contribution in [-0.4, -0.2) is 28.3 Å². The van der Waals surface area contributed by atoms with Gasteiger partial charge in [0, 0.05) is 39.6 Å². The van der Waals surface area contributed by atoms with Crippen molar-refractivity contribution in [3.8, 4) is 11.3 Å². The Bertz CT molecular complexity index is 1030. The van der Waals surface area contributed by atoms with Crippen LogP contribution in [0, 0.1) is 5.82 Å². The van der Waals surface area contributed by atoms with Crippen LogP contribution in [0.1, 0.15) is 32.1 Å². The van der Waals surface area contributed by atoms with Gasteiger partial charge in [0.1, 0.15) is 5.82 Å². The SMILES string of the molecule is NC[C@H](Cc1cccc(F)c1)NC(=O)c1cc2c(s1)CCCn1ncc(CI)c1-2. The quantitative estimate of drug-likeness (QED) is 0.379. The number of alkyl halides is 1. The van der Waals surface area contributed by atoms with E-state index in [2.05, 4.69) is 37.7 Å². The number of hydrogen-bond donors (Lipinski definition) is 2. The first kappa shape index (κ1) is 20.5. The number of fused-ring (bicyclic) bond motifs is 3. The maximum absolute atomic E-state index is 13.4. The fraction of sp³-hybridized carbons (Fsp3) is 0.333. The van der Waals surface area contributed by atoms with Crippen LogP contribution in [-0.2, 0) is 23.8 Å². The first-order valence-corrected chi connectivity index (χ1v) is 11.9. The van der Waals surface area contributed by atoms with Gasteiger partial charge in [0.15, 0.2) is 0 Å². The minimum absolute atomic E-state index is 0.128. The molecular weight excluding hydrogens is 502 g/mol. The second kappa shape index (κ2) is 8.93. The van der Waals surface area contributed by atoms with Gasteiger partial charge in [0.05, 0.1) is 16.8 Å². The van der Waals surface area contributed by atoms with Crippen molar-refractivity contribution in [2.75, 3.05) is 6.54 Å². The van der Waals surface area contributed by atoms with Crippen LogP contribution in [0.4, 0.5) is 4.39 Å². The molecule has 152 valence electrons. The number of nitrogens with one attached hydrogen (secondary N) is 1. The van der Waals surface area contributed by atoms with Crippen LogP contribution in [0.25, 0.3) is 11.3 Å². The summed E-state index contributed by atoms with van der Waals surface area (Å²) in [6.07, 6.45) is 4.38. The van der Waals surface area contributed by atoms with Crippen molar-refractivity contribution in [1.29, 1.82) is 0 Å². The molecule has 8 heteroatoms. The smallest absolute Gasteiger partial charge is 0.261 e. The van der Waals surface area contributed by atoms with Crippen LogP contribution in [0.2, 0.25) is 0 Å². The number of halogens is 2. The fourth-order valence-electron chi connectivity index (χ4n) is 3.72. The molecule has 29 heavy (non-hydrogen) atoms. The van der Waals surface area contributed by atoms with Crippen molar-refractivity contribution in [1.82, 2.24) is 15.1 Å². The van der Waals surface area contributed by atoms with Crippen LogP contribution in [0.15, 0.2) is 36.5 Å². The summed E-state index contributed by atoms with van der Waals surface area (Å²) in [6.45, 7) is 1.19. The number of nitrogens with zero attached hydrogens (tertiary/aromatic N) is 2. The molecule has 2 aromatic heterocycles. The minimum atomic E-state index is -0.283.